The molecule has 0 aliphatic carbocycles. The van der Waals surface area contributed by atoms with Crippen LogP contribution >= 0.6 is 0 Å². The predicted molar refractivity (Wildman–Crippen MR) is 86.7 cm³/mol. The fourth-order valence-corrected chi connectivity index (χ4v) is 2.45. The number of aromatic nitrogens is 2. The van der Waals surface area contributed by atoms with Crippen LogP contribution in [0.3, 0.4) is 0 Å². The van der Waals surface area contributed by atoms with Gasteiger partial charge in [-0.3, -0.25) is 0 Å². The van der Waals surface area contributed by atoms with Crippen molar-refractivity contribution in [2.45, 2.75) is 6.82 Å². The van der Waals surface area contributed by atoms with E-state index in [1.165, 1.54) is 0 Å². The summed E-state index contributed by atoms with van der Waals surface area (Å²) in [5.74, 6) is 0.628. The van der Waals surface area contributed by atoms with E-state index in [0.717, 1.165) is 27.7 Å². The molecule has 1 aromatic heterocycles. The van der Waals surface area contributed by atoms with E-state index in [4.69, 9.17) is 4.74 Å². The first-order valence-electron chi connectivity index (χ1n) is 6.91. The average Bonchev–Trinajstić information content (AvgIpc) is 2.54. The van der Waals surface area contributed by atoms with Crippen molar-refractivity contribution in [3.8, 4) is 22.8 Å². The van der Waals surface area contributed by atoms with Gasteiger partial charge in [0, 0.05) is 16.3 Å². The molecule has 5 nitrogen and oxygen atoms in total. The third-order valence-electron chi connectivity index (χ3n) is 3.66. The van der Waals surface area contributed by atoms with Crippen LogP contribution in [-0.4, -0.2) is 34.4 Å². The number of hydrogen-bond donors (Lipinski definition) is 2. The molecule has 0 spiro atoms. The molecule has 2 N–H and O–H groups in total. The Morgan fingerprint density at radius 1 is 1.14 bits per heavy atom. The minimum atomic E-state index is -0.556. The molecule has 0 aliphatic heterocycles. The first kappa shape index (κ1) is 14.3. The highest BCUT2D eigenvalue weighted by molar-refractivity contribution is 6.64. The maximum atomic E-state index is 9.77. The van der Waals surface area contributed by atoms with E-state index in [-0.39, 0.29) is 5.88 Å². The summed E-state index contributed by atoms with van der Waals surface area (Å²) in [5.41, 5.74) is 2.60. The smallest absolute Gasteiger partial charge is 0.320 e. The van der Waals surface area contributed by atoms with Crippen molar-refractivity contribution in [1.82, 2.24) is 10.2 Å². The van der Waals surface area contributed by atoms with E-state index in [1.807, 2.05) is 30.3 Å². The molecule has 110 valence electrons. The van der Waals surface area contributed by atoms with Crippen molar-refractivity contribution in [1.29, 1.82) is 0 Å². The van der Waals surface area contributed by atoms with Crippen LogP contribution in [0.4, 0.5) is 0 Å². The molecule has 0 fully saturated rings. The zero-order valence-electron chi connectivity index (χ0n) is 12.3. The highest BCUT2D eigenvalue weighted by Crippen LogP contribution is 2.32. The van der Waals surface area contributed by atoms with Gasteiger partial charge in [-0.15, -0.1) is 5.10 Å². The summed E-state index contributed by atoms with van der Waals surface area (Å²) in [6, 6.07) is 11.2. The van der Waals surface area contributed by atoms with Gasteiger partial charge in [0.1, 0.15) is 5.75 Å². The minimum Gasteiger partial charge on any atom is -0.496 e. The quantitative estimate of drug-likeness (QED) is 0.721. The zero-order chi connectivity index (χ0) is 15.7. The lowest BCUT2D eigenvalue weighted by atomic mass is 9.64. The molecule has 22 heavy (non-hydrogen) atoms. The second-order valence-corrected chi connectivity index (χ2v) is 5.11. The average molecular weight is 294 g/mol. The Morgan fingerprint density at radius 2 is 1.95 bits per heavy atom. The topological polar surface area (TPSA) is 75.5 Å². The monoisotopic (exact) mass is 294 g/mol. The largest absolute Gasteiger partial charge is 0.496 e. The summed E-state index contributed by atoms with van der Waals surface area (Å²) >= 11 is 0. The number of rotatable bonds is 3. The summed E-state index contributed by atoms with van der Waals surface area (Å²) in [7, 11) is 1.61. The van der Waals surface area contributed by atoms with Crippen LogP contribution in [0.2, 0.25) is 6.82 Å². The van der Waals surface area contributed by atoms with Crippen LogP contribution in [0.5, 0.6) is 11.6 Å². The van der Waals surface area contributed by atoms with Gasteiger partial charge in [-0.05, 0) is 29.2 Å². The summed E-state index contributed by atoms with van der Waals surface area (Å²) in [4.78, 5) is 0. The fourth-order valence-electron chi connectivity index (χ4n) is 2.45. The van der Waals surface area contributed by atoms with Gasteiger partial charge in [0.15, 0.2) is 0 Å². The van der Waals surface area contributed by atoms with E-state index in [0.29, 0.717) is 5.39 Å². The second kappa shape index (κ2) is 5.65. The van der Waals surface area contributed by atoms with Crippen LogP contribution in [0.25, 0.3) is 21.9 Å². The van der Waals surface area contributed by atoms with Crippen LogP contribution in [0.1, 0.15) is 0 Å². The molecular weight excluding hydrogens is 279 g/mol. The highest BCUT2D eigenvalue weighted by Gasteiger charge is 2.13. The molecule has 0 atom stereocenters. The third-order valence-corrected chi connectivity index (χ3v) is 3.66. The summed E-state index contributed by atoms with van der Waals surface area (Å²) in [5, 5.41) is 28.3. The Bertz CT molecular complexity index is 837. The number of aromatic hydroxyl groups is 1. The summed E-state index contributed by atoms with van der Waals surface area (Å²) in [6.07, 6.45) is 1.60. The Kier molecular flexibility index (Phi) is 3.69. The van der Waals surface area contributed by atoms with Crippen LogP contribution < -0.4 is 10.2 Å². The Balaban J connectivity index is 2.19. The second-order valence-electron chi connectivity index (χ2n) is 5.11. The molecule has 0 saturated heterocycles. The van der Waals surface area contributed by atoms with Crippen LogP contribution in [-0.2, 0) is 0 Å². The fraction of sp³-hybridized carbons (Fsp3) is 0.125. The molecule has 0 radical (unpaired) electrons. The van der Waals surface area contributed by atoms with Crippen molar-refractivity contribution in [2.24, 2.45) is 0 Å². The highest BCUT2D eigenvalue weighted by atomic mass is 16.5. The number of nitrogens with zero attached hydrogens (tertiary/aromatic N) is 2. The first-order valence-corrected chi connectivity index (χ1v) is 6.91. The molecule has 0 unspecified atom stereocenters. The number of hydrogen-bond acceptors (Lipinski definition) is 5. The summed E-state index contributed by atoms with van der Waals surface area (Å²) in [6.45, 7) is 1.17. The van der Waals surface area contributed by atoms with Gasteiger partial charge in [0.05, 0.1) is 13.3 Å². The number of ether oxygens (including phenoxy) is 1. The van der Waals surface area contributed by atoms with Gasteiger partial charge < -0.3 is 14.9 Å². The molecule has 6 heteroatoms. The van der Waals surface area contributed by atoms with Gasteiger partial charge >= 0.3 is 6.92 Å². The van der Waals surface area contributed by atoms with Crippen molar-refractivity contribution < 1.29 is 14.9 Å². The first-order chi connectivity index (χ1) is 10.6. The van der Waals surface area contributed by atoms with Gasteiger partial charge in [-0.1, -0.05) is 25.0 Å². The van der Waals surface area contributed by atoms with Crippen LogP contribution in [0.15, 0.2) is 42.6 Å². The maximum Gasteiger partial charge on any atom is 0.320 e. The zero-order valence-corrected chi connectivity index (χ0v) is 12.3. The van der Waals surface area contributed by atoms with Gasteiger partial charge in [-0.25, -0.2) is 0 Å². The van der Waals surface area contributed by atoms with E-state index < -0.39 is 6.92 Å². The SMILES string of the molecule is COc1ccc(B(C)O)cc1-c1ccc2c(O)nncc2c1. The molecule has 1 heterocycles. The third kappa shape index (κ3) is 2.49. The molecular formula is C16H15BN2O3. The lowest BCUT2D eigenvalue weighted by Crippen LogP contribution is -2.26. The van der Waals surface area contributed by atoms with Gasteiger partial charge in [0.2, 0.25) is 5.88 Å². The van der Waals surface area contributed by atoms with Crippen molar-refractivity contribution in [2.75, 3.05) is 7.11 Å². The molecule has 0 saturated carbocycles. The standard InChI is InChI=1S/C16H15BN2O3/c1-17(21)12-4-6-15(22-2)14(8-12)10-3-5-13-11(7-10)9-18-19-16(13)20/h3-9,21H,1-2H3,(H,19,20). The van der Waals surface area contributed by atoms with E-state index >= 15 is 0 Å². The maximum absolute atomic E-state index is 9.77. The van der Waals surface area contributed by atoms with Crippen LogP contribution in [0, 0.1) is 0 Å². The van der Waals surface area contributed by atoms with Crippen molar-refractivity contribution >= 4 is 23.2 Å². The van der Waals surface area contributed by atoms with Crippen molar-refractivity contribution in [3.05, 3.63) is 42.6 Å². The Morgan fingerprint density at radius 3 is 2.68 bits per heavy atom. The lowest BCUT2D eigenvalue weighted by molar-refractivity contribution is 0.416. The van der Waals surface area contributed by atoms with E-state index in [2.05, 4.69) is 10.2 Å². The predicted octanol–water partition coefficient (Wildman–Crippen LogP) is 1.83. The molecule has 0 aliphatic rings. The number of methoxy groups -OCH3 is 1. The normalized spacial score (nSPS) is 10.7. The molecule has 0 amide bonds. The summed E-state index contributed by atoms with van der Waals surface area (Å²) < 4.78 is 5.41. The molecule has 0 bridgehead atoms. The Labute approximate surface area is 128 Å². The lowest BCUT2D eigenvalue weighted by Gasteiger charge is -2.12. The van der Waals surface area contributed by atoms with E-state index in [9.17, 15) is 10.1 Å². The van der Waals surface area contributed by atoms with E-state index in [1.54, 1.807) is 26.2 Å². The van der Waals surface area contributed by atoms with Gasteiger partial charge in [-0.2, -0.15) is 5.10 Å². The number of fused-ring (bicyclic) bond motifs is 1. The number of benzene rings is 2. The molecule has 3 aromatic rings. The van der Waals surface area contributed by atoms with Gasteiger partial charge in [0.25, 0.3) is 0 Å². The molecule has 3 rings (SSSR count). The minimum absolute atomic E-state index is 0.0891. The molecule has 2 aromatic carbocycles. The Hall–Kier alpha value is -2.60. The van der Waals surface area contributed by atoms with Crippen molar-refractivity contribution in [3.63, 3.8) is 0 Å².